The number of hydrogen-bond acceptors (Lipinski definition) is 1. The molecule has 1 nitrogen and oxygen atoms in total. The highest BCUT2D eigenvalue weighted by atomic mass is 19.4. The van der Waals surface area contributed by atoms with Gasteiger partial charge in [-0.2, -0.15) is 26.3 Å². The van der Waals surface area contributed by atoms with Crippen molar-refractivity contribution < 1.29 is 26.3 Å². The van der Waals surface area contributed by atoms with E-state index in [0.717, 1.165) is 6.92 Å². The monoisotopic (exact) mass is 195 g/mol. The number of halogens is 6. The van der Waals surface area contributed by atoms with Gasteiger partial charge in [-0.1, -0.05) is 6.92 Å². The fourth-order valence-electron chi connectivity index (χ4n) is 0.562. The van der Waals surface area contributed by atoms with Crippen LogP contribution in [0.4, 0.5) is 26.3 Å². The molecule has 0 rings (SSSR count). The lowest BCUT2D eigenvalue weighted by Crippen LogP contribution is -2.63. The minimum Gasteiger partial charge on any atom is -0.310 e. The fourth-order valence-corrected chi connectivity index (χ4v) is 0.562. The molecule has 0 saturated carbocycles. The van der Waals surface area contributed by atoms with Gasteiger partial charge >= 0.3 is 12.4 Å². The van der Waals surface area contributed by atoms with Gasteiger partial charge in [0.25, 0.3) is 0 Å². The molecule has 0 spiro atoms. The maximum atomic E-state index is 11.8. The van der Waals surface area contributed by atoms with Crippen molar-refractivity contribution >= 4 is 0 Å². The Kier molecular flexibility index (Phi) is 2.68. The lowest BCUT2D eigenvalue weighted by atomic mass is 9.96. The molecule has 0 fully saturated rings. The first-order valence-electron chi connectivity index (χ1n) is 2.98. The zero-order valence-corrected chi connectivity index (χ0v) is 6.05. The molecule has 12 heavy (non-hydrogen) atoms. The zero-order valence-electron chi connectivity index (χ0n) is 6.05. The van der Waals surface area contributed by atoms with Crippen LogP contribution in [0.3, 0.4) is 0 Å². The van der Waals surface area contributed by atoms with Gasteiger partial charge in [-0.25, -0.2) is 0 Å². The largest absolute Gasteiger partial charge is 0.415 e. The minimum atomic E-state index is -5.46. The highest BCUT2D eigenvalue weighted by molar-refractivity contribution is 4.97. The van der Waals surface area contributed by atoms with E-state index < -0.39 is 24.3 Å². The molecule has 0 aliphatic rings. The second-order valence-electron chi connectivity index (χ2n) is 2.32. The predicted octanol–water partition coefficient (Wildman–Crippen LogP) is 2.22. The van der Waals surface area contributed by atoms with Crippen LogP contribution in [-0.2, 0) is 0 Å². The number of rotatable bonds is 1. The summed E-state index contributed by atoms with van der Waals surface area (Å²) in [6, 6.07) is 0. The van der Waals surface area contributed by atoms with E-state index in [1.54, 1.807) is 0 Å². The number of alkyl halides is 6. The van der Waals surface area contributed by atoms with E-state index in [4.69, 9.17) is 0 Å². The van der Waals surface area contributed by atoms with Gasteiger partial charge in [0.2, 0.25) is 5.54 Å². The maximum absolute atomic E-state index is 11.8. The van der Waals surface area contributed by atoms with E-state index >= 15 is 0 Å². The Morgan fingerprint density at radius 3 is 1.17 bits per heavy atom. The summed E-state index contributed by atoms with van der Waals surface area (Å²) in [5.74, 6) is 0. The topological polar surface area (TPSA) is 26.0 Å². The van der Waals surface area contributed by atoms with E-state index in [1.807, 2.05) is 0 Å². The molecule has 0 aliphatic carbocycles. The summed E-state index contributed by atoms with van der Waals surface area (Å²) in [7, 11) is 0. The van der Waals surface area contributed by atoms with Crippen molar-refractivity contribution in [3.63, 3.8) is 0 Å². The third kappa shape index (κ3) is 1.65. The van der Waals surface area contributed by atoms with Crippen molar-refractivity contribution in [3.05, 3.63) is 0 Å². The third-order valence-electron chi connectivity index (χ3n) is 1.57. The molecule has 7 heteroatoms. The first-order chi connectivity index (χ1) is 5.06. The molecule has 0 bridgehead atoms. The van der Waals surface area contributed by atoms with Crippen LogP contribution in [-0.4, -0.2) is 17.9 Å². The second kappa shape index (κ2) is 2.79. The molecule has 0 aromatic carbocycles. The van der Waals surface area contributed by atoms with Crippen molar-refractivity contribution in [2.24, 2.45) is 5.73 Å². The van der Waals surface area contributed by atoms with Crippen LogP contribution in [0, 0.1) is 0 Å². The second-order valence-corrected chi connectivity index (χ2v) is 2.32. The Balaban J connectivity index is 4.95. The molecule has 0 aromatic rings. The molecular weight excluding hydrogens is 188 g/mol. The Morgan fingerprint density at radius 1 is 0.917 bits per heavy atom. The van der Waals surface area contributed by atoms with Crippen molar-refractivity contribution in [1.29, 1.82) is 0 Å². The van der Waals surface area contributed by atoms with Crippen molar-refractivity contribution in [2.75, 3.05) is 0 Å². The maximum Gasteiger partial charge on any atom is 0.415 e. The van der Waals surface area contributed by atoms with Crippen LogP contribution in [0.1, 0.15) is 13.3 Å². The van der Waals surface area contributed by atoms with Gasteiger partial charge in [-0.05, 0) is 6.42 Å². The van der Waals surface area contributed by atoms with Gasteiger partial charge in [0, 0.05) is 0 Å². The number of nitrogens with two attached hydrogens (primary N) is 1. The summed E-state index contributed by atoms with van der Waals surface area (Å²) < 4.78 is 70.5. The molecule has 2 N–H and O–H groups in total. The van der Waals surface area contributed by atoms with Crippen LogP contribution in [0.15, 0.2) is 0 Å². The van der Waals surface area contributed by atoms with Crippen LogP contribution in [0.2, 0.25) is 0 Å². The molecule has 0 unspecified atom stereocenters. The van der Waals surface area contributed by atoms with E-state index in [2.05, 4.69) is 5.73 Å². The van der Waals surface area contributed by atoms with Crippen LogP contribution in [0.25, 0.3) is 0 Å². The summed E-state index contributed by atoms with van der Waals surface area (Å²) in [6.45, 7) is 0.737. The fraction of sp³-hybridized carbons (Fsp3) is 1.00. The third-order valence-corrected chi connectivity index (χ3v) is 1.57. The lowest BCUT2D eigenvalue weighted by molar-refractivity contribution is -0.296. The highest BCUT2D eigenvalue weighted by Crippen LogP contribution is 2.42. The summed E-state index contributed by atoms with van der Waals surface area (Å²) >= 11 is 0. The smallest absolute Gasteiger partial charge is 0.310 e. The molecule has 0 heterocycles. The molecule has 74 valence electrons. The van der Waals surface area contributed by atoms with Gasteiger partial charge in [-0.15, -0.1) is 0 Å². The van der Waals surface area contributed by atoms with Gasteiger partial charge in [0.05, 0.1) is 0 Å². The SMILES string of the molecule is CCC(N)(C(F)(F)F)C(F)(F)F. The van der Waals surface area contributed by atoms with Crippen LogP contribution < -0.4 is 5.73 Å². The molecular formula is C5H7F6N. The van der Waals surface area contributed by atoms with Crippen LogP contribution >= 0.6 is 0 Å². The quantitative estimate of drug-likeness (QED) is 0.638. The normalized spacial score (nSPS) is 15.0. The first kappa shape index (κ1) is 11.5. The minimum absolute atomic E-state index is 0.737. The zero-order chi connectivity index (χ0) is 10.2. The van der Waals surface area contributed by atoms with Crippen LogP contribution in [0.5, 0.6) is 0 Å². The Bertz CT molecular complexity index is 142. The lowest BCUT2D eigenvalue weighted by Gasteiger charge is -2.32. The molecule has 0 amide bonds. The first-order valence-corrected chi connectivity index (χ1v) is 2.98. The molecule has 0 saturated heterocycles. The Labute approximate surface area is 64.5 Å². The Morgan fingerprint density at radius 2 is 1.17 bits per heavy atom. The molecule has 0 radical (unpaired) electrons. The summed E-state index contributed by atoms with van der Waals surface area (Å²) in [5.41, 5.74) is 0.118. The van der Waals surface area contributed by atoms with Gasteiger partial charge in [0.15, 0.2) is 0 Å². The van der Waals surface area contributed by atoms with E-state index in [0.29, 0.717) is 0 Å². The van der Waals surface area contributed by atoms with Gasteiger partial charge < -0.3 is 5.73 Å². The molecule has 0 atom stereocenters. The highest BCUT2D eigenvalue weighted by Gasteiger charge is 2.67. The van der Waals surface area contributed by atoms with E-state index in [1.165, 1.54) is 0 Å². The number of hydrogen-bond donors (Lipinski definition) is 1. The average Bonchev–Trinajstić information content (AvgIpc) is 1.81. The molecule has 0 aromatic heterocycles. The summed E-state index contributed by atoms with van der Waals surface area (Å²) in [4.78, 5) is 0. The standard InChI is InChI=1S/C5H7F6N/c1-2-3(12,4(6,7)8)5(9,10)11/h2,12H2,1H3. The summed E-state index contributed by atoms with van der Waals surface area (Å²) in [5, 5.41) is 0. The van der Waals surface area contributed by atoms with Gasteiger partial charge in [0.1, 0.15) is 0 Å². The Hall–Kier alpha value is -0.460. The summed E-state index contributed by atoms with van der Waals surface area (Å²) in [6.07, 6.45) is -12.1. The van der Waals surface area contributed by atoms with E-state index in [9.17, 15) is 26.3 Å². The van der Waals surface area contributed by atoms with Crippen molar-refractivity contribution in [3.8, 4) is 0 Å². The van der Waals surface area contributed by atoms with Crippen molar-refractivity contribution in [2.45, 2.75) is 31.2 Å². The average molecular weight is 195 g/mol. The van der Waals surface area contributed by atoms with E-state index in [-0.39, 0.29) is 0 Å². The molecule has 0 aliphatic heterocycles. The predicted molar refractivity (Wildman–Crippen MR) is 29.3 cm³/mol. The van der Waals surface area contributed by atoms with Crippen molar-refractivity contribution in [1.82, 2.24) is 0 Å². The van der Waals surface area contributed by atoms with Gasteiger partial charge in [-0.3, -0.25) is 0 Å².